The summed E-state index contributed by atoms with van der Waals surface area (Å²) in [7, 11) is 0. The Morgan fingerprint density at radius 3 is 2.69 bits per heavy atom. The molecule has 0 saturated carbocycles. The minimum Gasteiger partial charge on any atom is -0.477 e. The van der Waals surface area contributed by atoms with Gasteiger partial charge in [-0.15, -0.1) is 0 Å². The van der Waals surface area contributed by atoms with Crippen LogP contribution in [-0.4, -0.2) is 50.0 Å². The third-order valence-electron chi connectivity index (χ3n) is 5.34. The number of H-pyrrole nitrogens is 1. The molecule has 2 amide bonds. The third kappa shape index (κ3) is 3.10. The number of carbonyl (C=O) groups is 3. The van der Waals surface area contributed by atoms with Crippen LogP contribution in [0, 0.1) is 5.92 Å². The number of carboxylic acid groups (broad SMARTS) is 1. The summed E-state index contributed by atoms with van der Waals surface area (Å²) in [6.45, 7) is 1.52. The molecule has 1 aromatic carbocycles. The zero-order chi connectivity index (χ0) is 20.9. The van der Waals surface area contributed by atoms with E-state index in [4.69, 9.17) is 11.6 Å². The number of fused-ring (bicyclic) bond motifs is 1. The Morgan fingerprint density at radius 1 is 1.34 bits per heavy atom. The number of rotatable bonds is 5. The highest BCUT2D eigenvalue weighted by molar-refractivity contribution is 6.34. The van der Waals surface area contributed by atoms with E-state index in [1.165, 1.54) is 11.8 Å². The number of halogens is 1. The Balaban J connectivity index is 1.63. The van der Waals surface area contributed by atoms with Gasteiger partial charge in [0, 0.05) is 6.20 Å². The van der Waals surface area contributed by atoms with E-state index < -0.39 is 23.9 Å². The number of nitrogens with zero attached hydrogens (tertiary/aromatic N) is 1. The smallest absolute Gasteiger partial charge is 0.352 e. The zero-order valence-electron chi connectivity index (χ0n) is 15.3. The minimum atomic E-state index is -1.21. The Hall–Kier alpha value is -3.10. The topological polar surface area (TPSA) is 123 Å². The lowest BCUT2D eigenvalue weighted by molar-refractivity contribution is -0.161. The number of aromatic nitrogens is 1. The van der Waals surface area contributed by atoms with Crippen LogP contribution in [0.3, 0.4) is 0 Å². The van der Waals surface area contributed by atoms with Gasteiger partial charge in [-0.1, -0.05) is 17.7 Å². The number of hydrogen-bond donors (Lipinski definition) is 4. The summed E-state index contributed by atoms with van der Waals surface area (Å²) < 4.78 is 0. The highest BCUT2D eigenvalue weighted by Gasteiger charge is 2.56. The Bertz CT molecular complexity index is 1040. The number of aliphatic hydroxyl groups is 1. The van der Waals surface area contributed by atoms with E-state index in [2.05, 4.69) is 10.3 Å². The van der Waals surface area contributed by atoms with Gasteiger partial charge in [-0.05, 0) is 48.7 Å². The second-order valence-corrected chi connectivity index (χ2v) is 7.52. The van der Waals surface area contributed by atoms with Gasteiger partial charge in [0.05, 0.1) is 28.8 Å². The van der Waals surface area contributed by atoms with Gasteiger partial charge < -0.3 is 25.4 Å². The first kappa shape index (κ1) is 19.2. The lowest BCUT2D eigenvalue weighted by Crippen LogP contribution is -2.61. The molecule has 2 aromatic rings. The van der Waals surface area contributed by atoms with Crippen LogP contribution in [-0.2, 0) is 9.59 Å². The fourth-order valence-corrected chi connectivity index (χ4v) is 4.22. The molecule has 0 aliphatic carbocycles. The minimum absolute atomic E-state index is 0.0869. The number of anilines is 1. The Labute approximate surface area is 170 Å². The summed E-state index contributed by atoms with van der Waals surface area (Å²) in [6, 6.07) is 7.76. The van der Waals surface area contributed by atoms with Crippen molar-refractivity contribution in [3.05, 3.63) is 58.5 Å². The molecular weight excluding hydrogens is 398 g/mol. The van der Waals surface area contributed by atoms with Crippen LogP contribution in [0.15, 0.2) is 42.2 Å². The number of aliphatic hydroxyl groups excluding tert-OH is 1. The van der Waals surface area contributed by atoms with Crippen LogP contribution in [0.1, 0.15) is 29.4 Å². The molecule has 1 fully saturated rings. The molecule has 0 spiro atoms. The zero-order valence-corrected chi connectivity index (χ0v) is 16.1. The molecule has 2 aliphatic heterocycles. The second kappa shape index (κ2) is 7.06. The normalized spacial score (nSPS) is 21.6. The Morgan fingerprint density at radius 2 is 2.10 bits per heavy atom. The van der Waals surface area contributed by atoms with Crippen molar-refractivity contribution in [2.24, 2.45) is 5.92 Å². The maximum absolute atomic E-state index is 12.3. The first-order valence-corrected chi connectivity index (χ1v) is 9.39. The van der Waals surface area contributed by atoms with Crippen molar-refractivity contribution in [2.75, 3.05) is 5.32 Å². The van der Waals surface area contributed by atoms with E-state index in [9.17, 15) is 24.6 Å². The predicted octanol–water partition coefficient (Wildman–Crippen LogP) is 2.33. The maximum atomic E-state index is 12.3. The van der Waals surface area contributed by atoms with Crippen molar-refractivity contribution in [1.29, 1.82) is 0 Å². The van der Waals surface area contributed by atoms with Gasteiger partial charge in [-0.3, -0.25) is 9.59 Å². The average molecular weight is 416 g/mol. The van der Waals surface area contributed by atoms with Crippen molar-refractivity contribution in [2.45, 2.75) is 25.5 Å². The van der Waals surface area contributed by atoms with Gasteiger partial charge in [-0.2, -0.15) is 0 Å². The number of amides is 2. The molecule has 2 aliphatic rings. The van der Waals surface area contributed by atoms with E-state index in [1.807, 2.05) is 0 Å². The number of carbonyl (C=O) groups excluding carboxylic acids is 2. The summed E-state index contributed by atoms with van der Waals surface area (Å²) in [5.41, 5.74) is 1.70. The van der Waals surface area contributed by atoms with Gasteiger partial charge >= 0.3 is 5.97 Å². The number of benzene rings is 1. The molecule has 3 atom stereocenters. The molecule has 150 valence electrons. The molecule has 0 bridgehead atoms. The molecule has 4 N–H and O–H groups in total. The third-order valence-corrected chi connectivity index (χ3v) is 5.65. The van der Waals surface area contributed by atoms with Gasteiger partial charge in [0.1, 0.15) is 11.4 Å². The molecule has 1 unspecified atom stereocenters. The van der Waals surface area contributed by atoms with Crippen LogP contribution in [0.4, 0.5) is 5.69 Å². The lowest BCUT2D eigenvalue weighted by Gasteiger charge is -2.44. The molecule has 4 rings (SSSR count). The molecule has 1 saturated heterocycles. The number of aliphatic carboxylic acids is 1. The summed E-state index contributed by atoms with van der Waals surface area (Å²) in [4.78, 5) is 40.4. The van der Waals surface area contributed by atoms with Gasteiger partial charge in [-0.25, -0.2) is 4.79 Å². The van der Waals surface area contributed by atoms with Gasteiger partial charge in [0.25, 0.3) is 5.91 Å². The number of hydrogen-bond acceptors (Lipinski definition) is 4. The van der Waals surface area contributed by atoms with E-state index in [1.54, 1.807) is 36.5 Å². The van der Waals surface area contributed by atoms with Crippen LogP contribution in [0.25, 0.3) is 5.57 Å². The lowest BCUT2D eigenvalue weighted by atomic mass is 9.82. The summed E-state index contributed by atoms with van der Waals surface area (Å²) in [5.74, 6) is -2.57. The largest absolute Gasteiger partial charge is 0.477 e. The molecular formula is C20H18ClN3O5. The van der Waals surface area contributed by atoms with E-state index >= 15 is 0 Å². The van der Waals surface area contributed by atoms with Gasteiger partial charge in [0.2, 0.25) is 5.91 Å². The van der Waals surface area contributed by atoms with Crippen molar-refractivity contribution >= 4 is 40.6 Å². The highest BCUT2D eigenvalue weighted by Crippen LogP contribution is 2.47. The highest BCUT2D eigenvalue weighted by atomic mass is 35.5. The van der Waals surface area contributed by atoms with E-state index in [-0.39, 0.29) is 22.7 Å². The molecule has 0 radical (unpaired) electrons. The van der Waals surface area contributed by atoms with Crippen LogP contribution in [0.2, 0.25) is 5.02 Å². The summed E-state index contributed by atoms with van der Waals surface area (Å²) in [6.07, 6.45) is 1.09. The van der Waals surface area contributed by atoms with Crippen molar-refractivity contribution in [3.63, 3.8) is 0 Å². The van der Waals surface area contributed by atoms with Crippen molar-refractivity contribution in [3.8, 4) is 0 Å². The average Bonchev–Trinajstić information content (AvgIpc) is 3.29. The van der Waals surface area contributed by atoms with Gasteiger partial charge in [0.15, 0.2) is 0 Å². The fraction of sp³-hybridized carbons (Fsp3) is 0.250. The quantitative estimate of drug-likeness (QED) is 0.558. The number of β-lactam (4-membered cyclic amide) rings is 1. The van der Waals surface area contributed by atoms with Crippen LogP contribution in [0.5, 0.6) is 0 Å². The van der Waals surface area contributed by atoms with E-state index in [0.717, 1.165) is 0 Å². The van der Waals surface area contributed by atoms with E-state index in [0.29, 0.717) is 28.9 Å². The number of nitrogens with one attached hydrogen (secondary N) is 2. The van der Waals surface area contributed by atoms with Crippen molar-refractivity contribution < 1.29 is 24.6 Å². The number of aromatic amines is 1. The fourth-order valence-electron chi connectivity index (χ4n) is 3.99. The first-order valence-electron chi connectivity index (χ1n) is 9.02. The monoisotopic (exact) mass is 415 g/mol. The maximum Gasteiger partial charge on any atom is 0.352 e. The molecule has 8 nitrogen and oxygen atoms in total. The number of carboxylic acids is 1. The SMILES string of the molecule is CC(O)[C@H]1C(=O)N2C(C(=O)O)=C(c3ccc(NC(=O)c4ccc[nH]4)c(Cl)c3)C[C@H]12. The standard InChI is InChI=1S/C20H18ClN3O5/c1-9(25)16-15-8-11(17(20(28)29)24(15)19(16)27)10-4-5-13(12(21)7-10)23-18(26)14-3-2-6-22-14/h2-7,9,15-16,22,25H,8H2,1H3,(H,23,26)(H,28,29)/t9?,15-,16-/m1/s1. The summed E-state index contributed by atoms with van der Waals surface area (Å²) >= 11 is 6.32. The first-order chi connectivity index (χ1) is 13.8. The van der Waals surface area contributed by atoms with Crippen molar-refractivity contribution in [1.82, 2.24) is 9.88 Å². The van der Waals surface area contributed by atoms with Crippen LogP contribution >= 0.6 is 11.6 Å². The molecule has 9 heteroatoms. The molecule has 29 heavy (non-hydrogen) atoms. The predicted molar refractivity (Wildman–Crippen MR) is 105 cm³/mol. The molecule has 3 heterocycles. The second-order valence-electron chi connectivity index (χ2n) is 7.11. The summed E-state index contributed by atoms with van der Waals surface area (Å²) in [5, 5.41) is 22.4. The Kier molecular flexibility index (Phi) is 4.68. The van der Waals surface area contributed by atoms with Crippen LogP contribution < -0.4 is 5.32 Å². The molecule has 1 aromatic heterocycles.